The molecular weight excluding hydrogens is 525 g/mol. The van der Waals surface area contributed by atoms with Crippen LogP contribution in [0.3, 0.4) is 0 Å². The SMILES string of the molecule is N#Cc1cccc(-c2nc(N)c3nc(Cc4c(F)cccc4CN[C@H]4C[C@@H](C(=O)O)C4)nn3c2-c2ccncn2)c1. The molecule has 11 nitrogen and oxygen atoms in total. The largest absolute Gasteiger partial charge is 0.481 e. The number of hydrogen-bond donors (Lipinski definition) is 3. The van der Waals surface area contributed by atoms with E-state index in [9.17, 15) is 10.1 Å². The van der Waals surface area contributed by atoms with Crippen LogP contribution in [-0.4, -0.2) is 46.7 Å². The molecule has 0 spiro atoms. The fourth-order valence-electron chi connectivity index (χ4n) is 5.04. The van der Waals surface area contributed by atoms with E-state index in [4.69, 9.17) is 15.9 Å². The van der Waals surface area contributed by atoms with E-state index in [-0.39, 0.29) is 24.2 Å². The van der Waals surface area contributed by atoms with Gasteiger partial charge in [0.25, 0.3) is 0 Å². The number of anilines is 1. The number of nitrogens with zero attached hydrogens (tertiary/aromatic N) is 7. The van der Waals surface area contributed by atoms with E-state index in [1.807, 2.05) is 12.1 Å². The molecule has 0 amide bonds. The number of halogens is 1. The minimum Gasteiger partial charge on any atom is -0.481 e. The molecule has 0 saturated heterocycles. The van der Waals surface area contributed by atoms with Crippen LogP contribution >= 0.6 is 0 Å². The third-order valence-corrected chi connectivity index (χ3v) is 7.26. The summed E-state index contributed by atoms with van der Waals surface area (Å²) in [5.74, 6) is -1.07. The Morgan fingerprint density at radius 3 is 2.78 bits per heavy atom. The number of aliphatic carboxylic acids is 1. The smallest absolute Gasteiger partial charge is 0.306 e. The fourth-order valence-corrected chi connectivity index (χ4v) is 5.04. The van der Waals surface area contributed by atoms with Crippen molar-refractivity contribution in [1.29, 1.82) is 5.26 Å². The minimum absolute atomic E-state index is 0.0692. The van der Waals surface area contributed by atoms with Crippen LogP contribution < -0.4 is 11.1 Å². The molecule has 0 atom stereocenters. The first-order chi connectivity index (χ1) is 19.9. The van der Waals surface area contributed by atoms with Gasteiger partial charge < -0.3 is 16.2 Å². The quantitative estimate of drug-likeness (QED) is 0.261. The molecule has 12 heteroatoms. The highest BCUT2D eigenvalue weighted by atomic mass is 19.1. The maximum atomic E-state index is 15.1. The van der Waals surface area contributed by atoms with Crippen LogP contribution in [0.25, 0.3) is 28.3 Å². The molecule has 3 aromatic heterocycles. The average molecular weight is 550 g/mol. The van der Waals surface area contributed by atoms with E-state index in [0.717, 1.165) is 5.56 Å². The van der Waals surface area contributed by atoms with E-state index >= 15 is 4.39 Å². The Bertz CT molecular complexity index is 1810. The predicted octanol–water partition coefficient (Wildman–Crippen LogP) is 3.38. The number of nitriles is 1. The second-order valence-corrected chi connectivity index (χ2v) is 9.88. The molecule has 0 bridgehead atoms. The van der Waals surface area contributed by atoms with Crippen molar-refractivity contribution >= 4 is 17.4 Å². The maximum Gasteiger partial charge on any atom is 0.306 e. The topological polar surface area (TPSA) is 168 Å². The molecule has 2 aromatic carbocycles. The van der Waals surface area contributed by atoms with Crippen molar-refractivity contribution < 1.29 is 14.3 Å². The molecule has 5 aromatic rings. The van der Waals surface area contributed by atoms with E-state index in [0.29, 0.717) is 64.6 Å². The lowest BCUT2D eigenvalue weighted by atomic mass is 9.80. The van der Waals surface area contributed by atoms with Gasteiger partial charge in [-0.25, -0.2) is 28.8 Å². The number of benzene rings is 2. The summed E-state index contributed by atoms with van der Waals surface area (Å²) < 4.78 is 16.7. The zero-order valence-corrected chi connectivity index (χ0v) is 21.7. The van der Waals surface area contributed by atoms with Crippen molar-refractivity contribution in [2.24, 2.45) is 5.92 Å². The second-order valence-electron chi connectivity index (χ2n) is 9.88. The lowest BCUT2D eigenvalue weighted by molar-refractivity contribution is -0.145. The number of carbonyl (C=O) groups is 1. The summed E-state index contributed by atoms with van der Waals surface area (Å²) in [6.07, 6.45) is 4.19. The van der Waals surface area contributed by atoms with Gasteiger partial charge in [0.05, 0.1) is 23.2 Å². The Balaban J connectivity index is 1.39. The normalized spacial score (nSPS) is 16.3. The van der Waals surface area contributed by atoms with Gasteiger partial charge in [-0.15, -0.1) is 0 Å². The number of hydrogen-bond acceptors (Lipinski definition) is 9. The minimum atomic E-state index is -0.788. The number of nitrogens with one attached hydrogen (secondary N) is 1. The molecule has 0 unspecified atom stereocenters. The lowest BCUT2D eigenvalue weighted by Gasteiger charge is -2.33. The molecule has 4 N–H and O–H groups in total. The van der Waals surface area contributed by atoms with Gasteiger partial charge in [0.15, 0.2) is 17.3 Å². The van der Waals surface area contributed by atoms with Gasteiger partial charge in [0.1, 0.15) is 23.5 Å². The van der Waals surface area contributed by atoms with Crippen molar-refractivity contribution in [3.05, 3.63) is 89.4 Å². The van der Waals surface area contributed by atoms with Crippen molar-refractivity contribution in [2.45, 2.75) is 31.8 Å². The van der Waals surface area contributed by atoms with Crippen molar-refractivity contribution in [3.8, 4) is 28.7 Å². The van der Waals surface area contributed by atoms with Crippen LogP contribution in [0, 0.1) is 23.1 Å². The monoisotopic (exact) mass is 549 g/mol. The Morgan fingerprint density at radius 1 is 1.20 bits per heavy atom. The molecule has 1 aliphatic carbocycles. The highest BCUT2D eigenvalue weighted by Crippen LogP contribution is 2.33. The van der Waals surface area contributed by atoms with Crippen molar-refractivity contribution in [2.75, 3.05) is 5.73 Å². The summed E-state index contributed by atoms with van der Waals surface area (Å²) in [7, 11) is 0. The first kappa shape index (κ1) is 26.0. The number of rotatable bonds is 8. The molecule has 3 heterocycles. The summed E-state index contributed by atoms with van der Waals surface area (Å²) in [5, 5.41) is 26.6. The van der Waals surface area contributed by atoms with E-state index in [1.54, 1.807) is 41.0 Å². The zero-order valence-electron chi connectivity index (χ0n) is 21.7. The van der Waals surface area contributed by atoms with Gasteiger partial charge in [-0.3, -0.25) is 4.79 Å². The molecule has 0 aliphatic heterocycles. The summed E-state index contributed by atoms with van der Waals surface area (Å²) in [6, 6.07) is 15.7. The van der Waals surface area contributed by atoms with Gasteiger partial charge >= 0.3 is 5.97 Å². The molecular formula is C29H24FN9O2. The van der Waals surface area contributed by atoms with Crippen LogP contribution in [0.4, 0.5) is 10.2 Å². The van der Waals surface area contributed by atoms with Gasteiger partial charge in [-0.2, -0.15) is 10.4 Å². The van der Waals surface area contributed by atoms with Gasteiger partial charge in [-0.05, 0) is 48.2 Å². The first-order valence-corrected chi connectivity index (χ1v) is 13.0. The standard InChI is InChI=1S/C29H24FN9O2/c30-22-6-2-5-18(14-34-20-10-19(11-20)29(40)41)21(22)12-24-36-28-27(32)37-25(17-4-1-3-16(9-17)13-31)26(39(28)38-24)23-7-8-33-15-35-23/h1-9,15,19-20,34H,10-12,14H2,(H2,32,37)(H,40,41)/t19-,20+. The zero-order chi connectivity index (χ0) is 28.5. The third kappa shape index (κ3) is 5.06. The summed E-state index contributed by atoms with van der Waals surface area (Å²) >= 11 is 0. The Morgan fingerprint density at radius 2 is 2.02 bits per heavy atom. The second kappa shape index (κ2) is 10.7. The van der Waals surface area contributed by atoms with E-state index < -0.39 is 11.8 Å². The number of nitrogen functional groups attached to an aromatic ring is 1. The molecule has 1 aliphatic rings. The Labute approximate surface area is 233 Å². The molecule has 204 valence electrons. The number of carboxylic acids is 1. The van der Waals surface area contributed by atoms with Crippen molar-refractivity contribution in [3.63, 3.8) is 0 Å². The number of carboxylic acid groups (broad SMARTS) is 1. The van der Waals surface area contributed by atoms with Gasteiger partial charge in [-0.1, -0.05) is 24.3 Å². The Hall–Kier alpha value is -5.28. The van der Waals surface area contributed by atoms with Crippen LogP contribution in [0.15, 0.2) is 61.1 Å². The van der Waals surface area contributed by atoms with Crippen LogP contribution in [0.1, 0.15) is 35.4 Å². The third-order valence-electron chi connectivity index (χ3n) is 7.26. The highest BCUT2D eigenvalue weighted by Gasteiger charge is 2.34. The molecule has 41 heavy (non-hydrogen) atoms. The Kier molecular flexibility index (Phi) is 6.78. The maximum absolute atomic E-state index is 15.1. The van der Waals surface area contributed by atoms with Gasteiger partial charge in [0, 0.05) is 30.8 Å². The summed E-state index contributed by atoms with van der Waals surface area (Å²) in [4.78, 5) is 28.8. The van der Waals surface area contributed by atoms with Crippen LogP contribution in [0.5, 0.6) is 0 Å². The van der Waals surface area contributed by atoms with Crippen LogP contribution in [-0.2, 0) is 17.8 Å². The van der Waals surface area contributed by atoms with E-state index in [1.165, 1.54) is 12.4 Å². The summed E-state index contributed by atoms with van der Waals surface area (Å²) in [6.45, 7) is 0.382. The lowest BCUT2D eigenvalue weighted by Crippen LogP contribution is -2.43. The molecule has 0 radical (unpaired) electrons. The van der Waals surface area contributed by atoms with Crippen molar-refractivity contribution in [1.82, 2.24) is 34.9 Å². The average Bonchev–Trinajstić information content (AvgIpc) is 3.38. The number of fused-ring (bicyclic) bond motifs is 1. The summed E-state index contributed by atoms with van der Waals surface area (Å²) in [5.41, 5.74) is 10.4. The van der Waals surface area contributed by atoms with Gasteiger partial charge in [0.2, 0.25) is 0 Å². The highest BCUT2D eigenvalue weighted by molar-refractivity contribution is 5.81. The molecule has 1 saturated carbocycles. The molecule has 6 rings (SSSR count). The number of nitrogens with two attached hydrogens (primary N) is 1. The molecule has 1 fully saturated rings. The van der Waals surface area contributed by atoms with Crippen LogP contribution in [0.2, 0.25) is 0 Å². The fraction of sp³-hybridized carbons (Fsp3) is 0.207. The number of aromatic nitrogens is 6. The predicted molar refractivity (Wildman–Crippen MR) is 147 cm³/mol. The van der Waals surface area contributed by atoms with E-state index in [2.05, 4.69) is 31.3 Å². The first-order valence-electron chi connectivity index (χ1n) is 13.0.